The molecule has 0 saturated carbocycles. The predicted molar refractivity (Wildman–Crippen MR) is 105 cm³/mol. The lowest BCUT2D eigenvalue weighted by atomic mass is 10.2. The second kappa shape index (κ2) is 9.82. The molecule has 162 valence electrons. The molecule has 0 aromatic heterocycles. The van der Waals surface area contributed by atoms with Gasteiger partial charge in [-0.2, -0.15) is 0 Å². The van der Waals surface area contributed by atoms with Gasteiger partial charge in [0.1, 0.15) is 44.2 Å². The minimum Gasteiger partial charge on any atom is -0.497 e. The van der Waals surface area contributed by atoms with E-state index < -0.39 is 6.36 Å². The highest BCUT2D eigenvalue weighted by Gasteiger charge is 2.31. The van der Waals surface area contributed by atoms with Crippen molar-refractivity contribution in [3.05, 3.63) is 54.1 Å². The molecular formula is C21H26F3N3O3+2. The van der Waals surface area contributed by atoms with E-state index in [2.05, 4.69) is 16.1 Å². The zero-order valence-corrected chi connectivity index (χ0v) is 16.7. The molecule has 6 nitrogen and oxygen atoms in total. The Morgan fingerprint density at radius 3 is 2.30 bits per heavy atom. The van der Waals surface area contributed by atoms with Gasteiger partial charge in [-0.15, -0.1) is 13.2 Å². The van der Waals surface area contributed by atoms with E-state index in [1.807, 2.05) is 18.2 Å². The van der Waals surface area contributed by atoms with Crippen molar-refractivity contribution in [3.8, 4) is 11.5 Å². The maximum Gasteiger partial charge on any atom is 0.573 e. The molecule has 1 saturated heterocycles. The van der Waals surface area contributed by atoms with Crippen molar-refractivity contribution in [3.63, 3.8) is 0 Å². The number of piperazine rings is 1. The summed E-state index contributed by atoms with van der Waals surface area (Å²) in [6.45, 7) is 4.93. The molecule has 0 unspecified atom stereocenters. The Labute approximate surface area is 173 Å². The topological polar surface area (TPSA) is 56.4 Å². The average Bonchev–Trinajstić information content (AvgIpc) is 2.70. The van der Waals surface area contributed by atoms with Crippen LogP contribution in [0.3, 0.4) is 0 Å². The number of hydrogen-bond donors (Lipinski definition) is 3. The van der Waals surface area contributed by atoms with E-state index >= 15 is 0 Å². The smallest absolute Gasteiger partial charge is 0.497 e. The van der Waals surface area contributed by atoms with Gasteiger partial charge in [0.25, 0.3) is 5.91 Å². The Balaban J connectivity index is 1.41. The third-order valence-electron chi connectivity index (χ3n) is 5.03. The van der Waals surface area contributed by atoms with Gasteiger partial charge in [0.2, 0.25) is 0 Å². The highest BCUT2D eigenvalue weighted by molar-refractivity contribution is 5.91. The summed E-state index contributed by atoms with van der Waals surface area (Å²) in [5, 5.41) is 2.73. The number of ether oxygens (including phenoxy) is 2. The summed E-state index contributed by atoms with van der Waals surface area (Å²) in [7, 11) is 1.66. The predicted octanol–water partition coefficient (Wildman–Crippen LogP) is 0.516. The fourth-order valence-corrected chi connectivity index (χ4v) is 3.55. The Kier molecular flexibility index (Phi) is 7.17. The van der Waals surface area contributed by atoms with Crippen LogP contribution in [0.5, 0.6) is 11.5 Å². The third-order valence-corrected chi connectivity index (χ3v) is 5.03. The first-order valence-corrected chi connectivity index (χ1v) is 9.76. The lowest BCUT2D eigenvalue weighted by Crippen LogP contribution is -3.28. The summed E-state index contributed by atoms with van der Waals surface area (Å²) in [5.74, 6) is 0.373. The number of amides is 1. The van der Waals surface area contributed by atoms with Gasteiger partial charge in [0.15, 0.2) is 6.54 Å². The average molecular weight is 425 g/mol. The summed E-state index contributed by atoms with van der Waals surface area (Å²) in [5.41, 5.74) is 1.67. The van der Waals surface area contributed by atoms with E-state index in [0.29, 0.717) is 12.2 Å². The quantitative estimate of drug-likeness (QED) is 0.606. The van der Waals surface area contributed by atoms with Gasteiger partial charge in [0, 0.05) is 11.3 Å². The van der Waals surface area contributed by atoms with Crippen molar-refractivity contribution in [1.82, 2.24) is 0 Å². The van der Waals surface area contributed by atoms with Crippen molar-refractivity contribution in [2.75, 3.05) is 45.2 Å². The van der Waals surface area contributed by atoms with Gasteiger partial charge in [-0.3, -0.25) is 4.79 Å². The number of rotatable bonds is 7. The van der Waals surface area contributed by atoms with E-state index in [4.69, 9.17) is 4.74 Å². The van der Waals surface area contributed by atoms with Gasteiger partial charge >= 0.3 is 6.36 Å². The van der Waals surface area contributed by atoms with Crippen molar-refractivity contribution in [2.45, 2.75) is 12.9 Å². The Morgan fingerprint density at radius 1 is 1.00 bits per heavy atom. The number of carbonyl (C=O) groups is 1. The maximum absolute atomic E-state index is 12.3. The molecule has 3 N–H and O–H groups in total. The van der Waals surface area contributed by atoms with E-state index in [-0.39, 0.29) is 11.7 Å². The van der Waals surface area contributed by atoms with Gasteiger partial charge in [-0.05, 0) is 36.4 Å². The summed E-state index contributed by atoms with van der Waals surface area (Å²) in [6.07, 6.45) is -4.73. The molecule has 1 fully saturated rings. The van der Waals surface area contributed by atoms with Gasteiger partial charge < -0.3 is 24.6 Å². The first kappa shape index (κ1) is 21.9. The molecule has 1 aliphatic rings. The summed E-state index contributed by atoms with van der Waals surface area (Å²) >= 11 is 0. The first-order valence-electron chi connectivity index (χ1n) is 9.76. The van der Waals surface area contributed by atoms with Crippen LogP contribution in [0.4, 0.5) is 18.9 Å². The molecule has 0 aliphatic carbocycles. The van der Waals surface area contributed by atoms with Crippen molar-refractivity contribution in [2.24, 2.45) is 0 Å². The van der Waals surface area contributed by atoms with Crippen LogP contribution in [0.1, 0.15) is 5.56 Å². The van der Waals surface area contributed by atoms with Crippen LogP contribution >= 0.6 is 0 Å². The number of carbonyl (C=O) groups excluding carboxylic acids is 1. The third kappa shape index (κ3) is 6.93. The van der Waals surface area contributed by atoms with Crippen molar-refractivity contribution >= 4 is 11.6 Å². The lowest BCUT2D eigenvalue weighted by Gasteiger charge is -2.29. The molecule has 0 bridgehead atoms. The number of alkyl halides is 3. The molecule has 0 radical (unpaired) electrons. The summed E-state index contributed by atoms with van der Waals surface area (Å²) < 4.78 is 45.7. The molecule has 0 spiro atoms. The molecule has 1 heterocycles. The van der Waals surface area contributed by atoms with E-state index in [0.717, 1.165) is 38.5 Å². The zero-order valence-electron chi connectivity index (χ0n) is 16.7. The van der Waals surface area contributed by atoms with E-state index in [9.17, 15) is 18.0 Å². The molecule has 2 aromatic carbocycles. The van der Waals surface area contributed by atoms with Crippen LogP contribution in [-0.4, -0.2) is 52.1 Å². The second-order valence-corrected chi connectivity index (χ2v) is 7.33. The molecule has 3 rings (SSSR count). The molecule has 0 atom stereocenters. The van der Waals surface area contributed by atoms with Crippen LogP contribution in [0, 0.1) is 0 Å². The van der Waals surface area contributed by atoms with Crippen LogP contribution in [0.15, 0.2) is 48.5 Å². The molecule has 1 aliphatic heterocycles. The fraction of sp³-hybridized carbons (Fsp3) is 0.381. The van der Waals surface area contributed by atoms with Gasteiger partial charge in [-0.1, -0.05) is 12.1 Å². The number of methoxy groups -OCH3 is 1. The molecular weight excluding hydrogens is 399 g/mol. The van der Waals surface area contributed by atoms with Crippen LogP contribution in [0.25, 0.3) is 0 Å². The number of quaternary nitrogens is 2. The maximum atomic E-state index is 12.3. The van der Waals surface area contributed by atoms with Crippen molar-refractivity contribution < 1.29 is 37.2 Å². The minimum atomic E-state index is -4.73. The molecule has 1 amide bonds. The molecule has 30 heavy (non-hydrogen) atoms. The summed E-state index contributed by atoms with van der Waals surface area (Å²) in [4.78, 5) is 14.9. The second-order valence-electron chi connectivity index (χ2n) is 7.33. The largest absolute Gasteiger partial charge is 0.573 e. The Hall–Kier alpha value is -2.78. The van der Waals surface area contributed by atoms with Crippen molar-refractivity contribution in [1.29, 1.82) is 0 Å². The van der Waals surface area contributed by atoms with Crippen LogP contribution < -0.4 is 24.6 Å². The Morgan fingerprint density at radius 2 is 1.67 bits per heavy atom. The van der Waals surface area contributed by atoms with E-state index in [1.165, 1.54) is 39.6 Å². The molecule has 2 aromatic rings. The van der Waals surface area contributed by atoms with E-state index in [1.54, 1.807) is 7.11 Å². The minimum absolute atomic E-state index is 0.161. The number of nitrogens with one attached hydrogen (secondary N) is 3. The molecule has 9 heteroatoms. The highest BCUT2D eigenvalue weighted by atomic mass is 19.4. The van der Waals surface area contributed by atoms with Crippen LogP contribution in [-0.2, 0) is 11.3 Å². The fourth-order valence-electron chi connectivity index (χ4n) is 3.55. The highest BCUT2D eigenvalue weighted by Crippen LogP contribution is 2.23. The Bertz CT molecular complexity index is 835. The number of anilines is 1. The summed E-state index contributed by atoms with van der Waals surface area (Å²) in [6, 6.07) is 13.2. The van der Waals surface area contributed by atoms with Gasteiger partial charge in [-0.25, -0.2) is 0 Å². The van der Waals surface area contributed by atoms with Crippen LogP contribution in [0.2, 0.25) is 0 Å². The number of hydrogen-bond acceptors (Lipinski definition) is 3. The SMILES string of the molecule is COc1cccc(C[NH+]2CC[NH+](CC(=O)Nc3ccc(OC(F)(F)F)cc3)CC2)c1. The number of halogens is 3. The monoisotopic (exact) mass is 425 g/mol. The standard InChI is InChI=1S/C21H24F3N3O3/c1-29-19-4-2-3-16(13-19)14-26-9-11-27(12-10-26)15-20(28)25-17-5-7-18(8-6-17)30-21(22,23)24/h2-8,13H,9-12,14-15H2,1H3,(H,25,28)/p+2. The normalized spacial score (nSPS) is 19.2. The number of benzene rings is 2. The first-order chi connectivity index (χ1) is 14.3. The van der Waals surface area contributed by atoms with Gasteiger partial charge in [0.05, 0.1) is 7.11 Å². The zero-order chi connectivity index (χ0) is 21.6. The lowest BCUT2D eigenvalue weighted by molar-refractivity contribution is -1.02.